The van der Waals surface area contributed by atoms with Gasteiger partial charge in [-0.3, -0.25) is 9.78 Å². The number of rotatable bonds is 4. The second-order valence-electron chi connectivity index (χ2n) is 6.81. The number of amides is 1. The Kier molecular flexibility index (Phi) is 5.31. The Morgan fingerprint density at radius 1 is 1.10 bits per heavy atom. The van der Waals surface area contributed by atoms with E-state index in [9.17, 15) is 9.18 Å². The number of methoxy groups -OCH3 is 2. The van der Waals surface area contributed by atoms with Crippen LogP contribution in [0.2, 0.25) is 0 Å². The normalized spacial score (nSPS) is 16.7. The first-order valence-electron chi connectivity index (χ1n) is 9.26. The molecule has 0 radical (unpaired) electrons. The Bertz CT molecular complexity index is 1030. The van der Waals surface area contributed by atoms with Crippen molar-refractivity contribution in [2.24, 2.45) is 0 Å². The van der Waals surface area contributed by atoms with Gasteiger partial charge in [-0.1, -0.05) is 0 Å². The van der Waals surface area contributed by atoms with Gasteiger partial charge in [0, 0.05) is 29.8 Å². The van der Waals surface area contributed by atoms with Crippen molar-refractivity contribution >= 4 is 16.7 Å². The van der Waals surface area contributed by atoms with Gasteiger partial charge in [-0.15, -0.1) is 0 Å². The molecule has 1 saturated heterocycles. The van der Waals surface area contributed by atoms with Crippen LogP contribution in [0, 0.1) is 5.82 Å². The van der Waals surface area contributed by atoms with Gasteiger partial charge in [-0.05, 0) is 41.8 Å². The van der Waals surface area contributed by atoms with Gasteiger partial charge in [0.2, 0.25) is 0 Å². The summed E-state index contributed by atoms with van der Waals surface area (Å²) in [6.45, 7) is 1.21. The van der Waals surface area contributed by atoms with Crippen molar-refractivity contribution in [3.05, 3.63) is 65.7 Å². The van der Waals surface area contributed by atoms with Gasteiger partial charge in [-0.25, -0.2) is 4.39 Å². The Labute approximate surface area is 167 Å². The smallest absolute Gasteiger partial charge is 0.254 e. The molecule has 1 aliphatic heterocycles. The van der Waals surface area contributed by atoms with Crippen LogP contribution < -0.4 is 9.47 Å². The van der Waals surface area contributed by atoms with Crippen molar-refractivity contribution in [3.8, 4) is 11.5 Å². The molecule has 0 aliphatic carbocycles. The van der Waals surface area contributed by atoms with Crippen molar-refractivity contribution in [1.29, 1.82) is 0 Å². The first-order chi connectivity index (χ1) is 14.1. The van der Waals surface area contributed by atoms with Gasteiger partial charge in [-0.2, -0.15) is 0 Å². The van der Waals surface area contributed by atoms with Crippen LogP contribution in [0.5, 0.6) is 11.5 Å². The summed E-state index contributed by atoms with van der Waals surface area (Å²) in [7, 11) is 3.09. The molecule has 150 valence electrons. The maximum atomic E-state index is 13.6. The Morgan fingerprint density at radius 3 is 2.59 bits per heavy atom. The number of nitrogens with zero attached hydrogens (tertiary/aromatic N) is 2. The van der Waals surface area contributed by atoms with Gasteiger partial charge in [0.15, 0.2) is 0 Å². The highest BCUT2D eigenvalue weighted by Gasteiger charge is 2.27. The molecule has 4 rings (SSSR count). The molecule has 0 bridgehead atoms. The quantitative estimate of drug-likeness (QED) is 0.674. The van der Waals surface area contributed by atoms with E-state index in [2.05, 4.69) is 4.98 Å². The second-order valence-corrected chi connectivity index (χ2v) is 6.81. The minimum atomic E-state index is -0.382. The summed E-state index contributed by atoms with van der Waals surface area (Å²) in [4.78, 5) is 19.2. The molecule has 7 heteroatoms. The summed E-state index contributed by atoms with van der Waals surface area (Å²) in [5.74, 6) is 0.664. The fraction of sp³-hybridized carbons (Fsp3) is 0.273. The average molecular weight is 396 g/mol. The number of carbonyl (C=O) groups excluding carboxylic acids is 1. The Hall–Kier alpha value is -3.19. The van der Waals surface area contributed by atoms with Crippen LogP contribution in [0.3, 0.4) is 0 Å². The number of carbonyl (C=O) groups is 1. The second kappa shape index (κ2) is 8.05. The van der Waals surface area contributed by atoms with Crippen LogP contribution in [-0.4, -0.2) is 49.7 Å². The molecule has 1 amide bonds. The van der Waals surface area contributed by atoms with Gasteiger partial charge >= 0.3 is 0 Å². The van der Waals surface area contributed by atoms with Gasteiger partial charge in [0.05, 0.1) is 33.1 Å². The van der Waals surface area contributed by atoms with Crippen LogP contribution in [-0.2, 0) is 4.74 Å². The molecule has 1 atom stereocenters. The molecule has 6 nitrogen and oxygen atoms in total. The summed E-state index contributed by atoms with van der Waals surface area (Å²) >= 11 is 0. The molecule has 0 N–H and O–H groups in total. The maximum absolute atomic E-state index is 13.6. The molecule has 1 fully saturated rings. The molecule has 1 aliphatic rings. The van der Waals surface area contributed by atoms with Crippen molar-refractivity contribution in [1.82, 2.24) is 9.88 Å². The molecule has 0 unspecified atom stereocenters. The van der Waals surface area contributed by atoms with E-state index >= 15 is 0 Å². The van der Waals surface area contributed by atoms with Crippen molar-refractivity contribution in [2.45, 2.75) is 6.10 Å². The summed E-state index contributed by atoms with van der Waals surface area (Å²) in [5, 5.41) is 1.60. The zero-order valence-corrected chi connectivity index (χ0v) is 16.2. The van der Waals surface area contributed by atoms with Gasteiger partial charge in [0.1, 0.15) is 23.4 Å². The zero-order chi connectivity index (χ0) is 20.4. The van der Waals surface area contributed by atoms with E-state index in [1.165, 1.54) is 12.1 Å². The number of aromatic nitrogens is 1. The lowest BCUT2D eigenvalue weighted by molar-refractivity contribution is -0.0246. The lowest BCUT2D eigenvalue weighted by atomic mass is 10.1. The number of fused-ring (bicyclic) bond motifs is 1. The topological polar surface area (TPSA) is 60.9 Å². The summed E-state index contributed by atoms with van der Waals surface area (Å²) < 4.78 is 29.9. The third-order valence-electron chi connectivity index (χ3n) is 4.99. The number of pyridine rings is 1. The Morgan fingerprint density at radius 2 is 1.86 bits per heavy atom. The highest BCUT2D eigenvalue weighted by atomic mass is 19.1. The number of benzene rings is 2. The van der Waals surface area contributed by atoms with Crippen LogP contribution in [0.1, 0.15) is 22.2 Å². The minimum Gasteiger partial charge on any atom is -0.497 e. The van der Waals surface area contributed by atoms with Crippen LogP contribution in [0.15, 0.2) is 48.7 Å². The first kappa shape index (κ1) is 19.1. The van der Waals surface area contributed by atoms with Crippen molar-refractivity contribution in [2.75, 3.05) is 33.9 Å². The molecular formula is C22H21FN2O4. The molecule has 0 saturated carbocycles. The number of ether oxygens (including phenoxy) is 3. The van der Waals surface area contributed by atoms with Crippen molar-refractivity contribution in [3.63, 3.8) is 0 Å². The minimum absolute atomic E-state index is 0.137. The largest absolute Gasteiger partial charge is 0.497 e. The molecule has 0 spiro atoms. The maximum Gasteiger partial charge on any atom is 0.254 e. The van der Waals surface area contributed by atoms with E-state index in [0.717, 1.165) is 10.8 Å². The molecular weight excluding hydrogens is 375 g/mol. The van der Waals surface area contributed by atoms with E-state index < -0.39 is 0 Å². The summed E-state index contributed by atoms with van der Waals surface area (Å²) in [6, 6.07) is 11.5. The fourth-order valence-electron chi connectivity index (χ4n) is 3.43. The van der Waals surface area contributed by atoms with Gasteiger partial charge < -0.3 is 19.1 Å². The molecule has 29 heavy (non-hydrogen) atoms. The highest BCUT2D eigenvalue weighted by molar-refractivity contribution is 5.95. The van der Waals surface area contributed by atoms with Gasteiger partial charge in [0.25, 0.3) is 5.91 Å². The molecule has 3 aromatic rings. The fourth-order valence-corrected chi connectivity index (χ4v) is 3.43. The lowest BCUT2D eigenvalue weighted by Gasteiger charge is -2.33. The molecule has 2 aromatic carbocycles. The number of morpholine rings is 1. The van der Waals surface area contributed by atoms with E-state index in [-0.39, 0.29) is 17.8 Å². The van der Waals surface area contributed by atoms with E-state index in [1.54, 1.807) is 49.6 Å². The number of hydrogen-bond donors (Lipinski definition) is 0. The zero-order valence-electron chi connectivity index (χ0n) is 16.2. The van der Waals surface area contributed by atoms with Crippen LogP contribution >= 0.6 is 0 Å². The van der Waals surface area contributed by atoms with Crippen LogP contribution in [0.25, 0.3) is 10.8 Å². The molecule has 1 aromatic heterocycles. The first-order valence-corrected chi connectivity index (χ1v) is 9.26. The lowest BCUT2D eigenvalue weighted by Crippen LogP contribution is -2.42. The number of halogens is 1. The average Bonchev–Trinajstić information content (AvgIpc) is 2.77. The summed E-state index contributed by atoms with van der Waals surface area (Å²) in [6.07, 6.45) is 1.31. The van der Waals surface area contributed by atoms with Crippen LogP contribution in [0.4, 0.5) is 4.39 Å². The summed E-state index contributed by atoms with van der Waals surface area (Å²) in [5.41, 5.74) is 1.15. The monoisotopic (exact) mass is 396 g/mol. The SMILES string of the molecule is COc1cc(OC)cc(C(=O)N2CCO[C@H](c3cc4cc(F)ccc4cn3)C2)c1. The number of hydrogen-bond acceptors (Lipinski definition) is 5. The predicted octanol–water partition coefficient (Wildman–Crippen LogP) is 3.60. The molecule has 2 heterocycles. The Balaban J connectivity index is 1.57. The third kappa shape index (κ3) is 4.00. The van der Waals surface area contributed by atoms with E-state index in [4.69, 9.17) is 14.2 Å². The van der Waals surface area contributed by atoms with E-state index in [1.807, 2.05) is 6.07 Å². The van der Waals surface area contributed by atoms with Crippen molar-refractivity contribution < 1.29 is 23.4 Å². The predicted molar refractivity (Wildman–Crippen MR) is 106 cm³/mol. The third-order valence-corrected chi connectivity index (χ3v) is 4.99. The van der Waals surface area contributed by atoms with E-state index in [0.29, 0.717) is 42.5 Å². The highest BCUT2D eigenvalue weighted by Crippen LogP contribution is 2.27. The standard InChI is InChI=1S/C22H21FN2O4/c1-27-18-8-16(9-19(11-18)28-2)22(26)25-5-6-29-21(13-25)20-10-15-7-17(23)4-3-14(15)12-24-20/h3-4,7-12,21H,5-6,13H2,1-2H3/t21-/m0/s1.